The van der Waals surface area contributed by atoms with Crippen molar-refractivity contribution in [2.24, 2.45) is 0 Å². The van der Waals surface area contributed by atoms with Gasteiger partial charge in [0.25, 0.3) is 0 Å². The van der Waals surface area contributed by atoms with Crippen LogP contribution in [0.4, 0.5) is 10.5 Å². The standard InChI is InChI=1S/C20H29N3O2/c1-15(2)17-9-3-4-10-18(17)21-20(25)23-13-6-5-8-16(23)14-22-12-7-11-19(22)24/h3-4,9-10,15-16H,5-8,11-14H2,1-2H3,(H,21,25). The summed E-state index contributed by atoms with van der Waals surface area (Å²) in [5.74, 6) is 0.590. The number of anilines is 1. The second-order valence-corrected chi connectivity index (χ2v) is 7.46. The van der Waals surface area contributed by atoms with E-state index in [9.17, 15) is 9.59 Å². The van der Waals surface area contributed by atoms with Crippen LogP contribution in [0, 0.1) is 0 Å². The third kappa shape index (κ3) is 4.14. The normalized spacial score (nSPS) is 21.1. The van der Waals surface area contributed by atoms with Crippen LogP contribution in [0.5, 0.6) is 0 Å². The summed E-state index contributed by atoms with van der Waals surface area (Å²) in [5.41, 5.74) is 2.04. The minimum absolute atomic E-state index is 0.0376. The summed E-state index contributed by atoms with van der Waals surface area (Å²) in [5, 5.41) is 3.11. The van der Waals surface area contributed by atoms with Crippen molar-refractivity contribution in [2.45, 2.75) is 57.9 Å². The molecule has 136 valence electrons. The molecule has 1 aromatic rings. The second-order valence-electron chi connectivity index (χ2n) is 7.46. The number of likely N-dealkylation sites (tertiary alicyclic amines) is 2. The quantitative estimate of drug-likeness (QED) is 0.903. The maximum atomic E-state index is 12.9. The number of hydrogen-bond acceptors (Lipinski definition) is 2. The molecule has 2 heterocycles. The highest BCUT2D eigenvalue weighted by molar-refractivity contribution is 5.90. The van der Waals surface area contributed by atoms with Gasteiger partial charge < -0.3 is 15.1 Å². The molecule has 1 N–H and O–H groups in total. The highest BCUT2D eigenvalue weighted by Gasteiger charge is 2.31. The van der Waals surface area contributed by atoms with Gasteiger partial charge >= 0.3 is 6.03 Å². The zero-order valence-corrected chi connectivity index (χ0v) is 15.3. The Kier molecular flexibility index (Phi) is 5.61. The molecule has 0 saturated carbocycles. The molecule has 1 atom stereocenters. The number of nitrogens with zero attached hydrogens (tertiary/aromatic N) is 2. The summed E-state index contributed by atoms with van der Waals surface area (Å²) in [4.78, 5) is 28.7. The van der Waals surface area contributed by atoms with E-state index >= 15 is 0 Å². The van der Waals surface area contributed by atoms with E-state index in [-0.39, 0.29) is 18.0 Å². The molecule has 5 nitrogen and oxygen atoms in total. The van der Waals surface area contributed by atoms with Crippen LogP contribution < -0.4 is 5.32 Å². The molecular weight excluding hydrogens is 314 g/mol. The van der Waals surface area contributed by atoms with E-state index in [4.69, 9.17) is 0 Å². The molecule has 0 aromatic heterocycles. The number of piperidine rings is 1. The number of carbonyl (C=O) groups excluding carboxylic acids is 2. The topological polar surface area (TPSA) is 52.7 Å². The van der Waals surface area contributed by atoms with Crippen LogP contribution in [0.25, 0.3) is 0 Å². The molecule has 0 spiro atoms. The van der Waals surface area contributed by atoms with E-state index in [0.717, 1.165) is 50.0 Å². The maximum Gasteiger partial charge on any atom is 0.322 e. The molecule has 0 aliphatic carbocycles. The van der Waals surface area contributed by atoms with Crippen LogP contribution in [0.15, 0.2) is 24.3 Å². The molecule has 2 aliphatic heterocycles. The first kappa shape index (κ1) is 17.8. The lowest BCUT2D eigenvalue weighted by molar-refractivity contribution is -0.128. The molecule has 2 aliphatic rings. The van der Waals surface area contributed by atoms with Crippen molar-refractivity contribution in [3.05, 3.63) is 29.8 Å². The van der Waals surface area contributed by atoms with Crippen LogP contribution in [-0.4, -0.2) is 47.4 Å². The number of para-hydroxylation sites is 1. The first-order valence-electron chi connectivity index (χ1n) is 9.50. The molecule has 3 rings (SSSR count). The average Bonchev–Trinajstić information content (AvgIpc) is 3.00. The van der Waals surface area contributed by atoms with Crippen LogP contribution in [0.2, 0.25) is 0 Å². The van der Waals surface area contributed by atoms with Crippen LogP contribution in [0.3, 0.4) is 0 Å². The number of urea groups is 1. The van der Waals surface area contributed by atoms with Crippen LogP contribution >= 0.6 is 0 Å². The lowest BCUT2D eigenvalue weighted by Crippen LogP contribution is -2.51. The van der Waals surface area contributed by atoms with Gasteiger partial charge in [0.1, 0.15) is 0 Å². The van der Waals surface area contributed by atoms with Crippen molar-refractivity contribution in [3.63, 3.8) is 0 Å². The van der Waals surface area contributed by atoms with Gasteiger partial charge in [0, 0.05) is 31.7 Å². The number of nitrogens with one attached hydrogen (secondary N) is 1. The van der Waals surface area contributed by atoms with Gasteiger partial charge in [-0.3, -0.25) is 4.79 Å². The SMILES string of the molecule is CC(C)c1ccccc1NC(=O)N1CCCCC1CN1CCCC1=O. The predicted octanol–water partition coefficient (Wildman–Crippen LogP) is 3.82. The molecule has 5 heteroatoms. The Morgan fingerprint density at radius 3 is 2.72 bits per heavy atom. The highest BCUT2D eigenvalue weighted by Crippen LogP contribution is 2.26. The Morgan fingerprint density at radius 2 is 2.00 bits per heavy atom. The predicted molar refractivity (Wildman–Crippen MR) is 99.7 cm³/mol. The fourth-order valence-electron chi connectivity index (χ4n) is 3.91. The van der Waals surface area contributed by atoms with Gasteiger partial charge in [-0.15, -0.1) is 0 Å². The molecule has 3 amide bonds. The Morgan fingerprint density at radius 1 is 1.20 bits per heavy atom. The van der Waals surface area contributed by atoms with Crippen LogP contribution in [-0.2, 0) is 4.79 Å². The summed E-state index contributed by atoms with van der Waals surface area (Å²) in [6.07, 6.45) is 4.73. The van der Waals surface area contributed by atoms with Gasteiger partial charge in [-0.25, -0.2) is 4.79 Å². The Bertz CT molecular complexity index is 629. The van der Waals surface area contributed by atoms with Gasteiger partial charge in [0.05, 0.1) is 6.04 Å². The van der Waals surface area contributed by atoms with E-state index in [1.54, 1.807) is 0 Å². The Labute approximate surface area is 150 Å². The van der Waals surface area contributed by atoms with Gasteiger partial charge in [0.15, 0.2) is 0 Å². The van der Waals surface area contributed by atoms with E-state index in [1.165, 1.54) is 0 Å². The molecular formula is C20H29N3O2. The van der Waals surface area contributed by atoms with Gasteiger partial charge in [-0.2, -0.15) is 0 Å². The summed E-state index contributed by atoms with van der Waals surface area (Å²) in [6.45, 7) is 6.54. The Balaban J connectivity index is 1.69. The number of carbonyl (C=O) groups is 2. The fraction of sp³-hybridized carbons (Fsp3) is 0.600. The van der Waals surface area contributed by atoms with Crippen molar-refractivity contribution >= 4 is 17.6 Å². The largest absolute Gasteiger partial charge is 0.341 e. The van der Waals surface area contributed by atoms with Gasteiger partial charge in [0.2, 0.25) is 5.91 Å². The van der Waals surface area contributed by atoms with Crippen molar-refractivity contribution < 1.29 is 9.59 Å². The number of amides is 3. The first-order chi connectivity index (χ1) is 12.1. The highest BCUT2D eigenvalue weighted by atomic mass is 16.2. The fourth-order valence-corrected chi connectivity index (χ4v) is 3.91. The van der Waals surface area contributed by atoms with Crippen molar-refractivity contribution in [2.75, 3.05) is 25.0 Å². The van der Waals surface area contributed by atoms with Crippen LogP contribution in [0.1, 0.15) is 57.4 Å². The molecule has 2 saturated heterocycles. The van der Waals surface area contributed by atoms with Gasteiger partial charge in [-0.05, 0) is 43.2 Å². The van der Waals surface area contributed by atoms with Gasteiger partial charge in [-0.1, -0.05) is 32.0 Å². The Hall–Kier alpha value is -2.04. The third-order valence-corrected chi connectivity index (χ3v) is 5.31. The monoisotopic (exact) mass is 343 g/mol. The molecule has 1 unspecified atom stereocenters. The summed E-state index contributed by atoms with van der Waals surface area (Å²) < 4.78 is 0. The third-order valence-electron chi connectivity index (χ3n) is 5.31. The minimum atomic E-state index is -0.0376. The number of benzene rings is 1. The molecule has 2 fully saturated rings. The minimum Gasteiger partial charge on any atom is -0.341 e. The lowest BCUT2D eigenvalue weighted by Gasteiger charge is -2.38. The molecule has 25 heavy (non-hydrogen) atoms. The van der Waals surface area contributed by atoms with E-state index in [1.807, 2.05) is 28.0 Å². The van der Waals surface area contributed by atoms with Crippen molar-refractivity contribution in [1.82, 2.24) is 9.80 Å². The van der Waals surface area contributed by atoms with Crippen molar-refractivity contribution in [3.8, 4) is 0 Å². The smallest absolute Gasteiger partial charge is 0.322 e. The zero-order valence-electron chi connectivity index (χ0n) is 15.3. The van der Waals surface area contributed by atoms with E-state index in [2.05, 4.69) is 25.2 Å². The maximum absolute atomic E-state index is 12.9. The molecule has 1 aromatic carbocycles. The van der Waals surface area contributed by atoms with E-state index < -0.39 is 0 Å². The summed E-state index contributed by atoms with van der Waals surface area (Å²) in [7, 11) is 0. The number of hydrogen-bond donors (Lipinski definition) is 1. The van der Waals surface area contributed by atoms with E-state index in [0.29, 0.717) is 18.9 Å². The number of rotatable bonds is 4. The zero-order chi connectivity index (χ0) is 17.8. The summed E-state index contributed by atoms with van der Waals surface area (Å²) in [6, 6.07) is 8.09. The molecule has 0 bridgehead atoms. The molecule has 0 radical (unpaired) electrons. The lowest BCUT2D eigenvalue weighted by atomic mass is 10.0. The summed E-state index contributed by atoms with van der Waals surface area (Å²) >= 11 is 0. The average molecular weight is 343 g/mol. The first-order valence-corrected chi connectivity index (χ1v) is 9.50. The van der Waals surface area contributed by atoms with Crippen molar-refractivity contribution in [1.29, 1.82) is 0 Å². The second kappa shape index (κ2) is 7.89.